The third-order valence-corrected chi connectivity index (χ3v) is 3.62. The molecule has 0 unspecified atom stereocenters. The summed E-state index contributed by atoms with van der Waals surface area (Å²) in [6.07, 6.45) is 3.88. The van der Waals surface area contributed by atoms with Crippen LogP contribution in [0.2, 0.25) is 0 Å². The second-order valence-corrected chi connectivity index (χ2v) is 4.89. The van der Waals surface area contributed by atoms with Crippen LogP contribution in [0.4, 0.5) is 0 Å². The fraction of sp³-hybridized carbons (Fsp3) is 0.263. The quantitative estimate of drug-likeness (QED) is 0.721. The molecule has 2 aromatic rings. The van der Waals surface area contributed by atoms with Crippen molar-refractivity contribution in [1.82, 2.24) is 0 Å². The van der Waals surface area contributed by atoms with E-state index < -0.39 is 0 Å². The van der Waals surface area contributed by atoms with Gasteiger partial charge in [-0.1, -0.05) is 12.2 Å². The fourth-order valence-electron chi connectivity index (χ4n) is 2.32. The molecule has 0 aliphatic rings. The highest BCUT2D eigenvalue weighted by atomic mass is 16.5. The highest BCUT2D eigenvalue weighted by Gasteiger charge is 2.10. The normalized spacial score (nSPS) is 10.5. The van der Waals surface area contributed by atoms with Crippen molar-refractivity contribution in [3.63, 3.8) is 0 Å². The van der Waals surface area contributed by atoms with Gasteiger partial charge in [-0.05, 0) is 18.2 Å². The monoisotopic (exact) mass is 330 g/mol. The molecule has 0 fully saturated rings. The van der Waals surface area contributed by atoms with Gasteiger partial charge in [0.2, 0.25) is 0 Å². The maximum atomic E-state index is 5.43. The van der Waals surface area contributed by atoms with Crippen molar-refractivity contribution in [3.05, 3.63) is 41.5 Å². The molecule has 0 heterocycles. The smallest absolute Gasteiger partial charge is 0.164 e. The molecule has 0 amide bonds. The second-order valence-electron chi connectivity index (χ2n) is 4.89. The van der Waals surface area contributed by atoms with Crippen molar-refractivity contribution in [3.8, 4) is 28.7 Å². The maximum absolute atomic E-state index is 5.43. The Labute approximate surface area is 142 Å². The van der Waals surface area contributed by atoms with Gasteiger partial charge >= 0.3 is 0 Å². The largest absolute Gasteiger partial charge is 0.497 e. The molecule has 5 heteroatoms. The molecular formula is C19H22O5. The van der Waals surface area contributed by atoms with E-state index in [9.17, 15) is 0 Å². The molecule has 24 heavy (non-hydrogen) atoms. The van der Waals surface area contributed by atoms with E-state index in [-0.39, 0.29) is 0 Å². The van der Waals surface area contributed by atoms with Crippen LogP contribution >= 0.6 is 0 Å². The lowest BCUT2D eigenvalue weighted by Crippen LogP contribution is -1.94. The van der Waals surface area contributed by atoms with E-state index in [2.05, 4.69) is 0 Å². The number of benzene rings is 2. The Morgan fingerprint density at radius 2 is 1.08 bits per heavy atom. The Morgan fingerprint density at radius 3 is 1.67 bits per heavy atom. The molecule has 0 N–H and O–H groups in total. The molecule has 0 aliphatic heterocycles. The van der Waals surface area contributed by atoms with Crippen LogP contribution < -0.4 is 23.7 Å². The molecule has 5 nitrogen and oxygen atoms in total. The van der Waals surface area contributed by atoms with Crippen molar-refractivity contribution >= 4 is 12.2 Å². The van der Waals surface area contributed by atoms with E-state index >= 15 is 0 Å². The maximum Gasteiger partial charge on any atom is 0.164 e. The van der Waals surface area contributed by atoms with Crippen molar-refractivity contribution in [2.24, 2.45) is 0 Å². The first-order chi connectivity index (χ1) is 11.7. The van der Waals surface area contributed by atoms with Crippen molar-refractivity contribution in [2.45, 2.75) is 0 Å². The lowest BCUT2D eigenvalue weighted by molar-refractivity contribution is 0.348. The van der Waals surface area contributed by atoms with Crippen LogP contribution in [0.15, 0.2) is 30.3 Å². The minimum atomic E-state index is 0.619. The molecule has 0 atom stereocenters. The third kappa shape index (κ3) is 3.74. The van der Waals surface area contributed by atoms with Crippen LogP contribution in [-0.2, 0) is 0 Å². The zero-order chi connectivity index (χ0) is 17.5. The summed E-state index contributed by atoms with van der Waals surface area (Å²) in [5.41, 5.74) is 1.79. The zero-order valence-electron chi connectivity index (χ0n) is 14.6. The summed E-state index contributed by atoms with van der Waals surface area (Å²) in [7, 11) is 8.06. The molecule has 0 bridgehead atoms. The molecule has 0 aromatic heterocycles. The van der Waals surface area contributed by atoms with Crippen molar-refractivity contribution < 1.29 is 23.7 Å². The minimum absolute atomic E-state index is 0.619. The van der Waals surface area contributed by atoms with Gasteiger partial charge in [0.25, 0.3) is 0 Å². The Hall–Kier alpha value is -2.82. The van der Waals surface area contributed by atoms with Gasteiger partial charge in [0, 0.05) is 23.3 Å². The summed E-state index contributed by atoms with van der Waals surface area (Å²) >= 11 is 0. The third-order valence-electron chi connectivity index (χ3n) is 3.62. The van der Waals surface area contributed by atoms with E-state index in [0.717, 1.165) is 22.6 Å². The zero-order valence-corrected chi connectivity index (χ0v) is 14.6. The minimum Gasteiger partial charge on any atom is -0.497 e. The van der Waals surface area contributed by atoms with Crippen LogP contribution in [-0.4, -0.2) is 35.5 Å². The Kier molecular flexibility index (Phi) is 5.95. The van der Waals surface area contributed by atoms with Crippen LogP contribution in [0.25, 0.3) is 12.2 Å². The second kappa shape index (κ2) is 8.15. The summed E-state index contributed by atoms with van der Waals surface area (Å²) in [4.78, 5) is 0. The number of hydrogen-bond acceptors (Lipinski definition) is 5. The first kappa shape index (κ1) is 17.5. The summed E-state index contributed by atoms with van der Waals surface area (Å²) in [5, 5.41) is 0. The van der Waals surface area contributed by atoms with E-state index in [1.54, 1.807) is 41.6 Å². The summed E-state index contributed by atoms with van der Waals surface area (Å²) < 4.78 is 26.7. The first-order valence-corrected chi connectivity index (χ1v) is 7.37. The van der Waals surface area contributed by atoms with Gasteiger partial charge in [-0.15, -0.1) is 0 Å². The Morgan fingerprint density at radius 1 is 0.542 bits per heavy atom. The van der Waals surface area contributed by atoms with Crippen LogP contribution in [0, 0.1) is 0 Å². The summed E-state index contributed by atoms with van der Waals surface area (Å²) in [5.74, 6) is 3.42. The number of methoxy groups -OCH3 is 5. The van der Waals surface area contributed by atoms with Crippen LogP contribution in [0.1, 0.15) is 11.1 Å². The molecule has 2 aromatic carbocycles. The number of hydrogen-bond donors (Lipinski definition) is 0. The topological polar surface area (TPSA) is 46.2 Å². The van der Waals surface area contributed by atoms with Crippen LogP contribution in [0.5, 0.6) is 28.7 Å². The number of rotatable bonds is 7. The average molecular weight is 330 g/mol. The summed E-state index contributed by atoms with van der Waals surface area (Å²) in [6, 6.07) is 9.31. The number of ether oxygens (including phenoxy) is 5. The average Bonchev–Trinajstić information content (AvgIpc) is 2.65. The lowest BCUT2D eigenvalue weighted by Gasteiger charge is -2.12. The van der Waals surface area contributed by atoms with Crippen LogP contribution in [0.3, 0.4) is 0 Å². The lowest BCUT2D eigenvalue weighted by atomic mass is 10.1. The summed E-state index contributed by atoms with van der Waals surface area (Å²) in [6.45, 7) is 0. The van der Waals surface area contributed by atoms with Crippen molar-refractivity contribution in [1.29, 1.82) is 0 Å². The van der Waals surface area contributed by atoms with Gasteiger partial charge in [-0.2, -0.15) is 0 Å². The highest BCUT2D eigenvalue weighted by molar-refractivity contribution is 5.76. The van der Waals surface area contributed by atoms with E-state index in [4.69, 9.17) is 23.7 Å². The highest BCUT2D eigenvalue weighted by Crippen LogP contribution is 2.36. The molecule has 0 radical (unpaired) electrons. The van der Waals surface area contributed by atoms with Gasteiger partial charge in [-0.3, -0.25) is 0 Å². The molecule has 128 valence electrons. The van der Waals surface area contributed by atoms with Gasteiger partial charge in [0.15, 0.2) is 11.5 Å². The molecule has 0 aliphatic carbocycles. The van der Waals surface area contributed by atoms with E-state index in [0.29, 0.717) is 17.2 Å². The molecule has 2 rings (SSSR count). The van der Waals surface area contributed by atoms with E-state index in [1.165, 1.54) is 0 Å². The van der Waals surface area contributed by atoms with Gasteiger partial charge < -0.3 is 23.7 Å². The van der Waals surface area contributed by atoms with Gasteiger partial charge in [0.1, 0.15) is 17.2 Å². The predicted octanol–water partition coefficient (Wildman–Crippen LogP) is 3.90. The van der Waals surface area contributed by atoms with Gasteiger partial charge in [-0.25, -0.2) is 0 Å². The predicted molar refractivity (Wildman–Crippen MR) is 94.6 cm³/mol. The van der Waals surface area contributed by atoms with Gasteiger partial charge in [0.05, 0.1) is 35.5 Å². The molecule has 0 spiro atoms. The Balaban J connectivity index is 2.41. The molecular weight excluding hydrogens is 308 g/mol. The van der Waals surface area contributed by atoms with E-state index in [1.807, 2.05) is 36.4 Å². The first-order valence-electron chi connectivity index (χ1n) is 7.37. The van der Waals surface area contributed by atoms with Crippen molar-refractivity contribution in [2.75, 3.05) is 35.5 Å². The fourth-order valence-corrected chi connectivity index (χ4v) is 2.32. The SMILES string of the molecule is COc1ccc(/C=C/c2cc(OC)c(OC)cc2OC)c(OC)c1. The Bertz CT molecular complexity index is 722. The molecule has 0 saturated carbocycles. The standard InChI is InChI=1S/C19H22O5/c1-20-15-9-8-13(16(11-15)21-2)6-7-14-10-18(23-4)19(24-5)12-17(14)22-3/h6-12H,1-5H3/b7-6+. The molecule has 0 saturated heterocycles.